The zero-order chi connectivity index (χ0) is 22.1. The molecule has 0 N–H and O–H groups in total. The number of nitrogens with zero attached hydrogens (tertiary/aromatic N) is 1. The second-order valence-corrected chi connectivity index (χ2v) is 8.55. The molecule has 2 aliphatic rings. The maximum absolute atomic E-state index is 14.2. The first-order valence-electron chi connectivity index (χ1n) is 10.00. The fraction of sp³-hybridized carbons (Fsp3) is 0.333. The van der Waals surface area contributed by atoms with Crippen LogP contribution in [0.4, 0.5) is 13.2 Å². The minimum Gasteiger partial charge on any atom is -0.493 e. The van der Waals surface area contributed by atoms with Gasteiger partial charge in [0.05, 0.1) is 19.9 Å². The van der Waals surface area contributed by atoms with Crippen LogP contribution in [0.3, 0.4) is 0 Å². The van der Waals surface area contributed by atoms with Crippen molar-refractivity contribution in [3.63, 3.8) is 0 Å². The second kappa shape index (κ2) is 6.45. The van der Waals surface area contributed by atoms with E-state index in [0.717, 1.165) is 11.1 Å². The zero-order valence-corrected chi connectivity index (χ0v) is 17.6. The Morgan fingerprint density at radius 3 is 2.32 bits per heavy atom. The molecule has 0 saturated heterocycles. The van der Waals surface area contributed by atoms with Gasteiger partial charge in [-0.05, 0) is 50.1 Å². The largest absolute Gasteiger partial charge is 0.493 e. The van der Waals surface area contributed by atoms with Crippen LogP contribution in [0.25, 0.3) is 22.4 Å². The quantitative estimate of drug-likeness (QED) is 0.492. The Labute approximate surface area is 178 Å². The summed E-state index contributed by atoms with van der Waals surface area (Å²) in [4.78, 5) is 0. The summed E-state index contributed by atoms with van der Waals surface area (Å²) in [7, 11) is 3.12. The van der Waals surface area contributed by atoms with Gasteiger partial charge >= 0.3 is 6.18 Å². The fourth-order valence-electron chi connectivity index (χ4n) is 4.90. The van der Waals surface area contributed by atoms with Crippen molar-refractivity contribution < 1.29 is 27.4 Å². The van der Waals surface area contributed by atoms with Crippen LogP contribution in [0.15, 0.2) is 42.5 Å². The number of para-hydroxylation sites is 1. The molecular formula is C24H22F3NO3. The van der Waals surface area contributed by atoms with Gasteiger partial charge in [-0.2, -0.15) is 13.2 Å². The molecule has 31 heavy (non-hydrogen) atoms. The summed E-state index contributed by atoms with van der Waals surface area (Å²) in [6.07, 6.45) is -6.04. The average molecular weight is 429 g/mol. The molecule has 2 aromatic carbocycles. The third-order valence-electron chi connectivity index (χ3n) is 6.12. The van der Waals surface area contributed by atoms with Crippen molar-refractivity contribution in [2.75, 3.05) is 14.2 Å². The SMILES string of the molecule is COc1cc2c(cc1OC)-c1cc3c(n1C(C)(C)C2)C(C(F)(F)F)Oc1ccccc1-3. The van der Waals surface area contributed by atoms with Gasteiger partial charge in [-0.3, -0.25) is 0 Å². The van der Waals surface area contributed by atoms with Gasteiger partial charge in [-0.15, -0.1) is 0 Å². The number of halogens is 3. The Morgan fingerprint density at radius 2 is 1.65 bits per heavy atom. The monoisotopic (exact) mass is 429 g/mol. The van der Waals surface area contributed by atoms with Crippen LogP contribution in [0.5, 0.6) is 17.2 Å². The van der Waals surface area contributed by atoms with E-state index in [1.807, 2.05) is 38.1 Å². The Bertz CT molecular complexity index is 1190. The summed E-state index contributed by atoms with van der Waals surface area (Å²) in [6.45, 7) is 3.90. The van der Waals surface area contributed by atoms with Crippen LogP contribution in [0, 0.1) is 0 Å². The van der Waals surface area contributed by atoms with Gasteiger partial charge in [0.15, 0.2) is 11.5 Å². The van der Waals surface area contributed by atoms with Gasteiger partial charge in [0.2, 0.25) is 6.10 Å². The van der Waals surface area contributed by atoms with E-state index in [9.17, 15) is 13.2 Å². The van der Waals surface area contributed by atoms with Crippen molar-refractivity contribution in [1.29, 1.82) is 0 Å². The molecule has 2 aliphatic heterocycles. The molecule has 0 fully saturated rings. The van der Waals surface area contributed by atoms with Gasteiger partial charge in [0.1, 0.15) is 5.75 Å². The Morgan fingerprint density at radius 1 is 0.968 bits per heavy atom. The molecule has 0 amide bonds. The highest BCUT2D eigenvalue weighted by atomic mass is 19.4. The summed E-state index contributed by atoms with van der Waals surface area (Å²) in [5.74, 6) is 1.38. The lowest BCUT2D eigenvalue weighted by Gasteiger charge is -2.39. The van der Waals surface area contributed by atoms with Crippen LogP contribution in [-0.4, -0.2) is 25.0 Å². The number of ether oxygens (including phenoxy) is 3. The first kappa shape index (κ1) is 19.8. The molecule has 0 radical (unpaired) electrons. The Kier molecular flexibility index (Phi) is 4.13. The summed E-state index contributed by atoms with van der Waals surface area (Å²) >= 11 is 0. The fourth-order valence-corrected chi connectivity index (χ4v) is 4.90. The van der Waals surface area contributed by atoms with Crippen LogP contribution >= 0.6 is 0 Å². The standard InChI is InChI=1S/C24H22F3NO3/c1-23(2)12-13-9-19(29-3)20(30-4)11-15(13)17-10-16-14-7-5-6-8-18(14)31-22(24(25,26)27)21(16)28(17)23/h5-11,22H,12H2,1-4H3. The highest BCUT2D eigenvalue weighted by Gasteiger charge is 2.51. The summed E-state index contributed by atoms with van der Waals surface area (Å²) in [5.41, 5.74) is 3.31. The van der Waals surface area contributed by atoms with E-state index < -0.39 is 17.8 Å². The molecule has 3 aromatic rings. The van der Waals surface area contributed by atoms with Crippen molar-refractivity contribution in [3.05, 3.63) is 53.7 Å². The molecule has 1 unspecified atom stereocenters. The molecule has 3 heterocycles. The molecule has 4 nitrogen and oxygen atoms in total. The molecule has 162 valence electrons. The molecule has 0 spiro atoms. The molecule has 1 aromatic heterocycles. The summed E-state index contributed by atoms with van der Waals surface area (Å²) in [6, 6.07) is 12.5. The molecule has 7 heteroatoms. The number of methoxy groups -OCH3 is 2. The van der Waals surface area contributed by atoms with Crippen LogP contribution in [0.1, 0.15) is 31.2 Å². The molecule has 0 saturated carbocycles. The lowest BCUT2D eigenvalue weighted by molar-refractivity contribution is -0.200. The minimum atomic E-state index is -4.55. The highest BCUT2D eigenvalue weighted by molar-refractivity contribution is 5.83. The number of hydrogen-bond acceptors (Lipinski definition) is 3. The van der Waals surface area contributed by atoms with E-state index in [1.54, 1.807) is 37.0 Å². The van der Waals surface area contributed by atoms with Gasteiger partial charge in [0.25, 0.3) is 0 Å². The summed E-state index contributed by atoms with van der Waals surface area (Å²) in [5, 5.41) is 0. The lowest BCUT2D eigenvalue weighted by Crippen LogP contribution is -2.39. The number of rotatable bonds is 2. The van der Waals surface area contributed by atoms with Gasteiger partial charge in [-0.1, -0.05) is 18.2 Å². The topological polar surface area (TPSA) is 32.6 Å². The maximum atomic E-state index is 14.2. The Hall–Kier alpha value is -3.09. The van der Waals surface area contributed by atoms with Crippen LogP contribution < -0.4 is 14.2 Å². The smallest absolute Gasteiger partial charge is 0.431 e. The first-order valence-corrected chi connectivity index (χ1v) is 10.00. The van der Waals surface area contributed by atoms with E-state index in [-0.39, 0.29) is 11.4 Å². The molecule has 0 aliphatic carbocycles. The maximum Gasteiger partial charge on any atom is 0.431 e. The van der Waals surface area contributed by atoms with Crippen molar-refractivity contribution in [3.8, 4) is 39.6 Å². The predicted molar refractivity (Wildman–Crippen MR) is 111 cm³/mol. The van der Waals surface area contributed by atoms with Gasteiger partial charge < -0.3 is 18.8 Å². The summed E-state index contributed by atoms with van der Waals surface area (Å²) < 4.78 is 60.7. The number of alkyl halides is 3. The second-order valence-electron chi connectivity index (χ2n) is 8.55. The van der Waals surface area contributed by atoms with E-state index in [4.69, 9.17) is 14.2 Å². The van der Waals surface area contributed by atoms with Gasteiger partial charge in [-0.25, -0.2) is 0 Å². The predicted octanol–water partition coefficient (Wildman–Crippen LogP) is 6.13. The third-order valence-corrected chi connectivity index (χ3v) is 6.12. The van der Waals surface area contributed by atoms with Crippen molar-refractivity contribution in [2.45, 2.75) is 38.1 Å². The number of aromatic nitrogens is 1. The number of fused-ring (bicyclic) bond motifs is 7. The normalized spacial score (nSPS) is 18.2. The highest BCUT2D eigenvalue weighted by Crippen LogP contribution is 2.54. The average Bonchev–Trinajstić information content (AvgIpc) is 3.13. The van der Waals surface area contributed by atoms with E-state index in [0.29, 0.717) is 34.7 Å². The van der Waals surface area contributed by atoms with Gasteiger partial charge in [0, 0.05) is 27.9 Å². The third kappa shape index (κ3) is 2.82. The molecule has 0 bridgehead atoms. The minimum absolute atomic E-state index is 0.145. The first-order chi connectivity index (χ1) is 14.7. The van der Waals surface area contributed by atoms with Crippen molar-refractivity contribution in [2.24, 2.45) is 0 Å². The number of hydrogen-bond donors (Lipinski definition) is 0. The molecule has 1 atom stereocenters. The van der Waals surface area contributed by atoms with Crippen LogP contribution in [0.2, 0.25) is 0 Å². The molecule has 5 rings (SSSR count). The Balaban J connectivity index is 1.85. The lowest BCUT2D eigenvalue weighted by atomic mass is 9.85. The van der Waals surface area contributed by atoms with E-state index >= 15 is 0 Å². The van der Waals surface area contributed by atoms with Crippen molar-refractivity contribution >= 4 is 0 Å². The number of benzene rings is 2. The zero-order valence-electron chi connectivity index (χ0n) is 17.6. The van der Waals surface area contributed by atoms with E-state index in [1.165, 1.54) is 0 Å². The van der Waals surface area contributed by atoms with Crippen molar-refractivity contribution in [1.82, 2.24) is 4.57 Å². The van der Waals surface area contributed by atoms with Crippen LogP contribution in [-0.2, 0) is 12.0 Å². The molecular weight excluding hydrogens is 407 g/mol. The van der Waals surface area contributed by atoms with E-state index in [2.05, 4.69) is 0 Å².